The van der Waals surface area contributed by atoms with Gasteiger partial charge in [-0.2, -0.15) is 5.10 Å². The van der Waals surface area contributed by atoms with Crippen molar-refractivity contribution in [3.05, 3.63) is 48.0 Å². The van der Waals surface area contributed by atoms with Crippen LogP contribution in [0.5, 0.6) is 0 Å². The summed E-state index contributed by atoms with van der Waals surface area (Å²) in [6.45, 7) is 3.27. The average Bonchev–Trinajstić information content (AvgIpc) is 3.01. The molecule has 132 valence electrons. The van der Waals surface area contributed by atoms with Crippen molar-refractivity contribution in [2.75, 3.05) is 13.1 Å². The van der Waals surface area contributed by atoms with E-state index < -0.39 is 0 Å². The highest BCUT2D eigenvalue weighted by Crippen LogP contribution is 2.49. The van der Waals surface area contributed by atoms with Gasteiger partial charge in [-0.15, -0.1) is 0 Å². The molecule has 0 unspecified atom stereocenters. The van der Waals surface area contributed by atoms with E-state index in [1.807, 2.05) is 17.9 Å². The third kappa shape index (κ3) is 3.58. The number of carbonyl (C=O) groups is 1. The van der Waals surface area contributed by atoms with Crippen molar-refractivity contribution in [1.82, 2.24) is 25.0 Å². The van der Waals surface area contributed by atoms with Crippen LogP contribution >= 0.6 is 0 Å². The maximum absolute atomic E-state index is 12.2. The van der Waals surface area contributed by atoms with Crippen LogP contribution in [0.4, 0.5) is 0 Å². The Morgan fingerprint density at radius 2 is 2.00 bits per heavy atom. The number of hydrogen-bond acceptors (Lipinski definition) is 4. The zero-order valence-electron chi connectivity index (χ0n) is 14.7. The number of carbonyl (C=O) groups excluding carboxylic acids is 1. The number of rotatable bonds is 4. The molecule has 1 aliphatic carbocycles. The van der Waals surface area contributed by atoms with E-state index in [1.165, 1.54) is 18.4 Å². The molecule has 2 aromatic heterocycles. The van der Waals surface area contributed by atoms with Gasteiger partial charge in [0.1, 0.15) is 0 Å². The van der Waals surface area contributed by atoms with E-state index in [9.17, 15) is 4.79 Å². The highest BCUT2D eigenvalue weighted by Gasteiger charge is 2.46. The van der Waals surface area contributed by atoms with Crippen LogP contribution in [-0.4, -0.2) is 44.7 Å². The Balaban J connectivity index is 1.23. The summed E-state index contributed by atoms with van der Waals surface area (Å²) in [6.07, 6.45) is 12.1. The number of amides is 1. The van der Waals surface area contributed by atoms with Crippen LogP contribution in [0.25, 0.3) is 0 Å². The number of likely N-dealkylation sites (tertiary alicyclic amines) is 1. The molecule has 1 amide bonds. The van der Waals surface area contributed by atoms with E-state index in [-0.39, 0.29) is 5.91 Å². The molecule has 1 spiro atoms. The van der Waals surface area contributed by atoms with Crippen molar-refractivity contribution >= 4 is 5.91 Å². The zero-order chi connectivity index (χ0) is 17.3. The van der Waals surface area contributed by atoms with Crippen LogP contribution in [0.15, 0.2) is 36.9 Å². The van der Waals surface area contributed by atoms with Gasteiger partial charge in [0.2, 0.25) is 0 Å². The molecule has 0 aromatic carbocycles. The topological polar surface area (TPSA) is 63.0 Å². The average molecular weight is 339 g/mol. The fourth-order valence-corrected chi connectivity index (χ4v) is 4.27. The molecular weight excluding hydrogens is 314 g/mol. The summed E-state index contributed by atoms with van der Waals surface area (Å²) < 4.78 is 1.86. The summed E-state index contributed by atoms with van der Waals surface area (Å²) in [4.78, 5) is 18.7. The zero-order valence-corrected chi connectivity index (χ0v) is 14.7. The van der Waals surface area contributed by atoms with E-state index >= 15 is 0 Å². The Kier molecular flexibility index (Phi) is 4.29. The number of aryl methyl sites for hydroxylation is 1. The first-order valence-electron chi connectivity index (χ1n) is 9.03. The molecule has 0 bridgehead atoms. The second-order valence-electron chi connectivity index (χ2n) is 7.61. The normalized spacial score (nSPS) is 20.4. The molecule has 1 saturated heterocycles. The van der Waals surface area contributed by atoms with Gasteiger partial charge in [0.25, 0.3) is 5.91 Å². The number of pyridine rings is 1. The monoisotopic (exact) mass is 339 g/mol. The Bertz CT molecular complexity index is 725. The molecule has 1 saturated carbocycles. The summed E-state index contributed by atoms with van der Waals surface area (Å²) in [5.41, 5.74) is 2.43. The quantitative estimate of drug-likeness (QED) is 0.925. The van der Waals surface area contributed by atoms with Crippen LogP contribution in [0.3, 0.4) is 0 Å². The maximum atomic E-state index is 12.2. The van der Waals surface area contributed by atoms with E-state index in [1.54, 1.807) is 24.5 Å². The van der Waals surface area contributed by atoms with Crippen molar-refractivity contribution in [2.45, 2.75) is 38.3 Å². The van der Waals surface area contributed by atoms with Crippen LogP contribution in [0.1, 0.15) is 41.6 Å². The molecule has 0 radical (unpaired) electrons. The maximum Gasteiger partial charge on any atom is 0.251 e. The standard InChI is InChI=1S/C19H25N5O/c1-23-13-15(12-21-23)14-24-8-4-19(5-9-24)10-17(11-19)22-18(25)16-2-6-20-7-3-16/h2-3,6-7,12-13,17H,4-5,8-11,14H2,1H3,(H,22,25). The molecule has 4 rings (SSSR count). The Hall–Kier alpha value is -2.21. The minimum Gasteiger partial charge on any atom is -0.349 e. The number of piperidine rings is 1. The van der Waals surface area contributed by atoms with Gasteiger partial charge >= 0.3 is 0 Å². The summed E-state index contributed by atoms with van der Waals surface area (Å²) >= 11 is 0. The molecule has 6 nitrogen and oxygen atoms in total. The van der Waals surface area contributed by atoms with Gasteiger partial charge in [0, 0.05) is 49.4 Å². The molecule has 1 aliphatic heterocycles. The highest BCUT2D eigenvalue weighted by atomic mass is 16.1. The minimum absolute atomic E-state index is 0.0243. The largest absolute Gasteiger partial charge is 0.349 e. The third-order valence-corrected chi connectivity index (χ3v) is 5.72. The number of nitrogens with one attached hydrogen (secondary N) is 1. The van der Waals surface area contributed by atoms with Gasteiger partial charge in [-0.25, -0.2) is 0 Å². The van der Waals surface area contributed by atoms with Crippen molar-refractivity contribution in [2.24, 2.45) is 12.5 Å². The lowest BCUT2D eigenvalue weighted by molar-refractivity contribution is 0.00467. The Labute approximate surface area is 148 Å². The summed E-state index contributed by atoms with van der Waals surface area (Å²) in [5, 5.41) is 7.41. The number of nitrogens with zero attached hydrogens (tertiary/aromatic N) is 4. The molecular formula is C19H25N5O. The van der Waals surface area contributed by atoms with Gasteiger partial charge in [0.15, 0.2) is 0 Å². The van der Waals surface area contributed by atoms with E-state index in [0.717, 1.165) is 32.5 Å². The Morgan fingerprint density at radius 1 is 1.28 bits per heavy atom. The van der Waals surface area contributed by atoms with Gasteiger partial charge in [-0.3, -0.25) is 19.4 Å². The SMILES string of the molecule is Cn1cc(CN2CCC3(CC2)CC(NC(=O)c2ccncc2)C3)cn1. The van der Waals surface area contributed by atoms with Crippen molar-refractivity contribution in [1.29, 1.82) is 0 Å². The third-order valence-electron chi connectivity index (χ3n) is 5.72. The first kappa shape index (κ1) is 16.3. The van der Waals surface area contributed by atoms with E-state index in [0.29, 0.717) is 17.0 Å². The summed E-state index contributed by atoms with van der Waals surface area (Å²) in [6, 6.07) is 3.85. The fraction of sp³-hybridized carbons (Fsp3) is 0.526. The van der Waals surface area contributed by atoms with E-state index in [2.05, 4.69) is 26.5 Å². The van der Waals surface area contributed by atoms with Gasteiger partial charge in [-0.1, -0.05) is 0 Å². The second-order valence-corrected chi connectivity index (χ2v) is 7.61. The molecule has 0 atom stereocenters. The van der Waals surface area contributed by atoms with Crippen LogP contribution in [-0.2, 0) is 13.6 Å². The molecule has 2 fully saturated rings. The molecule has 3 heterocycles. The lowest BCUT2D eigenvalue weighted by atomic mass is 9.60. The molecule has 6 heteroatoms. The van der Waals surface area contributed by atoms with Crippen molar-refractivity contribution in [3.63, 3.8) is 0 Å². The van der Waals surface area contributed by atoms with Crippen molar-refractivity contribution < 1.29 is 4.79 Å². The minimum atomic E-state index is 0.0243. The lowest BCUT2D eigenvalue weighted by Crippen LogP contribution is -2.54. The van der Waals surface area contributed by atoms with Gasteiger partial charge < -0.3 is 5.32 Å². The van der Waals surface area contributed by atoms with Gasteiger partial charge in [-0.05, 0) is 56.3 Å². The lowest BCUT2D eigenvalue weighted by Gasteiger charge is -2.52. The molecule has 25 heavy (non-hydrogen) atoms. The summed E-state index contributed by atoms with van der Waals surface area (Å²) in [5.74, 6) is 0.0243. The number of aromatic nitrogens is 3. The van der Waals surface area contributed by atoms with Gasteiger partial charge in [0.05, 0.1) is 6.20 Å². The Morgan fingerprint density at radius 3 is 2.64 bits per heavy atom. The molecule has 2 aromatic rings. The van der Waals surface area contributed by atoms with Crippen LogP contribution in [0.2, 0.25) is 0 Å². The fourth-order valence-electron chi connectivity index (χ4n) is 4.27. The number of hydrogen-bond donors (Lipinski definition) is 1. The first-order valence-corrected chi connectivity index (χ1v) is 9.03. The molecule has 1 N–H and O–H groups in total. The van der Waals surface area contributed by atoms with Crippen molar-refractivity contribution in [3.8, 4) is 0 Å². The summed E-state index contributed by atoms with van der Waals surface area (Å²) in [7, 11) is 1.96. The highest BCUT2D eigenvalue weighted by molar-refractivity contribution is 5.94. The first-order chi connectivity index (χ1) is 12.1. The van der Waals surface area contributed by atoms with E-state index in [4.69, 9.17) is 0 Å². The smallest absolute Gasteiger partial charge is 0.251 e. The molecule has 2 aliphatic rings. The second kappa shape index (κ2) is 6.59. The predicted octanol–water partition coefficient (Wildman–Crippen LogP) is 1.99. The van der Waals surface area contributed by atoms with Crippen LogP contribution < -0.4 is 5.32 Å². The van der Waals surface area contributed by atoms with Crippen LogP contribution in [0, 0.1) is 5.41 Å². The predicted molar refractivity (Wildman–Crippen MR) is 94.9 cm³/mol.